The van der Waals surface area contributed by atoms with Gasteiger partial charge in [0.2, 0.25) is 5.89 Å². The molecule has 8 heteroatoms. The molecule has 0 saturated carbocycles. The Morgan fingerprint density at radius 1 is 1.13 bits per heavy atom. The zero-order valence-electron chi connectivity index (χ0n) is 16.6. The summed E-state index contributed by atoms with van der Waals surface area (Å²) in [6, 6.07) is 17.1. The second kappa shape index (κ2) is 8.51. The van der Waals surface area contributed by atoms with Gasteiger partial charge in [0.15, 0.2) is 5.82 Å². The molecule has 0 aliphatic carbocycles. The van der Waals surface area contributed by atoms with Gasteiger partial charge in [-0.25, -0.2) is 4.68 Å². The molecule has 0 fully saturated rings. The monoisotopic (exact) mass is 421 g/mol. The number of aromatic nitrogens is 4. The van der Waals surface area contributed by atoms with E-state index in [1.165, 1.54) is 0 Å². The maximum absolute atomic E-state index is 12.7. The Morgan fingerprint density at radius 2 is 1.93 bits per heavy atom. The number of rotatable bonds is 6. The van der Waals surface area contributed by atoms with Crippen LogP contribution in [0.4, 0.5) is 0 Å². The van der Waals surface area contributed by atoms with Crippen molar-refractivity contribution in [3.63, 3.8) is 0 Å². The molecule has 0 radical (unpaired) electrons. The summed E-state index contributed by atoms with van der Waals surface area (Å²) in [4.78, 5) is 17.0. The predicted octanol–water partition coefficient (Wildman–Crippen LogP) is 4.05. The molecule has 2 aromatic heterocycles. The third-order valence-electron chi connectivity index (χ3n) is 4.56. The highest BCUT2D eigenvalue weighted by molar-refractivity contribution is 6.33. The SMILES string of the molecule is Cc1cc(C)n(-c2ccc(Cl)c(C(=O)NCc3nc(Cc4ccccc4)no3)c2)n1. The minimum atomic E-state index is -0.328. The summed E-state index contributed by atoms with van der Waals surface area (Å²) in [5, 5.41) is 11.6. The number of aryl methyl sites for hydroxylation is 2. The zero-order valence-corrected chi connectivity index (χ0v) is 17.3. The summed E-state index contributed by atoms with van der Waals surface area (Å²) in [7, 11) is 0. The topological polar surface area (TPSA) is 85.8 Å². The number of benzene rings is 2. The van der Waals surface area contributed by atoms with Gasteiger partial charge in [-0.3, -0.25) is 4.79 Å². The van der Waals surface area contributed by atoms with Crippen molar-refractivity contribution in [2.45, 2.75) is 26.8 Å². The standard InChI is InChI=1S/C22H20ClN5O2/c1-14-10-15(2)28(26-14)17-8-9-19(23)18(12-17)22(29)24-13-21-25-20(27-30-21)11-16-6-4-3-5-7-16/h3-10,12H,11,13H2,1-2H3,(H,24,29). The molecule has 1 N–H and O–H groups in total. The van der Waals surface area contributed by atoms with Crippen molar-refractivity contribution < 1.29 is 9.32 Å². The molecule has 0 bridgehead atoms. The molecule has 4 aromatic rings. The zero-order chi connectivity index (χ0) is 21.1. The van der Waals surface area contributed by atoms with Crippen LogP contribution >= 0.6 is 11.6 Å². The summed E-state index contributed by atoms with van der Waals surface area (Å²) >= 11 is 6.26. The summed E-state index contributed by atoms with van der Waals surface area (Å²) in [5.41, 5.74) is 4.07. The largest absolute Gasteiger partial charge is 0.343 e. The number of nitrogens with zero attached hydrogens (tertiary/aromatic N) is 4. The van der Waals surface area contributed by atoms with Crippen LogP contribution in [0.5, 0.6) is 0 Å². The number of carbonyl (C=O) groups excluding carboxylic acids is 1. The maximum atomic E-state index is 12.7. The third kappa shape index (κ3) is 4.41. The summed E-state index contributed by atoms with van der Waals surface area (Å²) in [6.45, 7) is 3.99. The normalized spacial score (nSPS) is 10.9. The van der Waals surface area contributed by atoms with Crippen LogP contribution in [-0.4, -0.2) is 25.8 Å². The molecule has 4 rings (SSSR count). The number of hydrogen-bond acceptors (Lipinski definition) is 5. The molecule has 0 unspecified atom stereocenters. The van der Waals surface area contributed by atoms with E-state index in [1.54, 1.807) is 16.8 Å². The van der Waals surface area contributed by atoms with Gasteiger partial charge in [0.25, 0.3) is 5.91 Å². The van der Waals surface area contributed by atoms with Crippen molar-refractivity contribution >= 4 is 17.5 Å². The lowest BCUT2D eigenvalue weighted by Crippen LogP contribution is -2.23. The molecular formula is C22H20ClN5O2. The fourth-order valence-electron chi connectivity index (χ4n) is 3.17. The Balaban J connectivity index is 1.44. The van der Waals surface area contributed by atoms with Gasteiger partial charge >= 0.3 is 0 Å². The van der Waals surface area contributed by atoms with Gasteiger partial charge in [-0.2, -0.15) is 10.1 Å². The van der Waals surface area contributed by atoms with Crippen LogP contribution in [0.25, 0.3) is 5.69 Å². The Labute approximate surface area is 178 Å². The Kier molecular flexibility index (Phi) is 5.63. The lowest BCUT2D eigenvalue weighted by atomic mass is 10.1. The smallest absolute Gasteiger partial charge is 0.253 e. The van der Waals surface area contributed by atoms with E-state index in [0.717, 1.165) is 22.6 Å². The molecule has 2 heterocycles. The van der Waals surface area contributed by atoms with Crippen LogP contribution < -0.4 is 5.32 Å². The summed E-state index contributed by atoms with van der Waals surface area (Å²) in [6.07, 6.45) is 0.564. The van der Waals surface area contributed by atoms with E-state index in [2.05, 4.69) is 20.6 Å². The van der Waals surface area contributed by atoms with Gasteiger partial charge in [0.05, 0.1) is 28.5 Å². The second-order valence-corrected chi connectivity index (χ2v) is 7.36. The molecule has 30 heavy (non-hydrogen) atoms. The number of hydrogen-bond donors (Lipinski definition) is 1. The Bertz CT molecular complexity index is 1180. The van der Waals surface area contributed by atoms with E-state index in [9.17, 15) is 4.79 Å². The van der Waals surface area contributed by atoms with E-state index < -0.39 is 0 Å². The van der Waals surface area contributed by atoms with E-state index in [1.807, 2.05) is 56.3 Å². The van der Waals surface area contributed by atoms with Gasteiger partial charge < -0.3 is 9.84 Å². The molecule has 0 aliphatic heterocycles. The molecule has 0 atom stereocenters. The molecule has 0 saturated heterocycles. The first-order chi connectivity index (χ1) is 14.5. The van der Waals surface area contributed by atoms with Crippen LogP contribution in [-0.2, 0) is 13.0 Å². The second-order valence-electron chi connectivity index (χ2n) is 6.95. The average molecular weight is 422 g/mol. The fourth-order valence-corrected chi connectivity index (χ4v) is 3.38. The highest BCUT2D eigenvalue weighted by Gasteiger charge is 2.15. The lowest BCUT2D eigenvalue weighted by molar-refractivity contribution is 0.0946. The van der Waals surface area contributed by atoms with Gasteiger partial charge in [0, 0.05) is 12.1 Å². The lowest BCUT2D eigenvalue weighted by Gasteiger charge is -2.09. The molecule has 2 aromatic carbocycles. The van der Waals surface area contributed by atoms with Crippen molar-refractivity contribution in [3.05, 3.63) is 93.8 Å². The van der Waals surface area contributed by atoms with Gasteiger partial charge in [-0.1, -0.05) is 47.1 Å². The highest BCUT2D eigenvalue weighted by Crippen LogP contribution is 2.21. The van der Waals surface area contributed by atoms with Gasteiger partial charge in [-0.15, -0.1) is 0 Å². The Hall–Kier alpha value is -3.45. The first kappa shape index (κ1) is 19.8. The fraction of sp³-hybridized carbons (Fsp3) is 0.182. The summed E-state index contributed by atoms with van der Waals surface area (Å²) in [5.74, 6) is 0.571. The van der Waals surface area contributed by atoms with Crippen LogP contribution in [0.15, 0.2) is 59.1 Å². The van der Waals surface area contributed by atoms with Crippen LogP contribution in [0.1, 0.15) is 39.0 Å². The molecule has 7 nitrogen and oxygen atoms in total. The highest BCUT2D eigenvalue weighted by atomic mass is 35.5. The molecule has 0 spiro atoms. The molecule has 0 aliphatic rings. The first-order valence-corrected chi connectivity index (χ1v) is 9.84. The van der Waals surface area contributed by atoms with Crippen LogP contribution in [0, 0.1) is 13.8 Å². The molecule has 1 amide bonds. The van der Waals surface area contributed by atoms with E-state index >= 15 is 0 Å². The van der Waals surface area contributed by atoms with Gasteiger partial charge in [0.1, 0.15) is 0 Å². The number of amides is 1. The first-order valence-electron chi connectivity index (χ1n) is 9.46. The third-order valence-corrected chi connectivity index (χ3v) is 4.89. The van der Waals surface area contributed by atoms with Crippen molar-refractivity contribution in [1.82, 2.24) is 25.2 Å². The number of halogens is 1. The van der Waals surface area contributed by atoms with E-state index in [-0.39, 0.29) is 12.5 Å². The van der Waals surface area contributed by atoms with Crippen LogP contribution in [0.2, 0.25) is 5.02 Å². The van der Waals surface area contributed by atoms with E-state index in [0.29, 0.717) is 28.7 Å². The van der Waals surface area contributed by atoms with Crippen LogP contribution in [0.3, 0.4) is 0 Å². The minimum absolute atomic E-state index is 0.112. The van der Waals surface area contributed by atoms with Gasteiger partial charge in [-0.05, 0) is 43.7 Å². The van der Waals surface area contributed by atoms with Crippen molar-refractivity contribution in [1.29, 1.82) is 0 Å². The molecular weight excluding hydrogens is 402 g/mol. The maximum Gasteiger partial charge on any atom is 0.253 e. The number of carbonyl (C=O) groups is 1. The average Bonchev–Trinajstić information content (AvgIpc) is 3.32. The predicted molar refractivity (Wildman–Crippen MR) is 113 cm³/mol. The minimum Gasteiger partial charge on any atom is -0.343 e. The van der Waals surface area contributed by atoms with Crippen molar-refractivity contribution in [2.75, 3.05) is 0 Å². The summed E-state index contributed by atoms with van der Waals surface area (Å²) < 4.78 is 7.02. The number of nitrogens with one attached hydrogen (secondary N) is 1. The van der Waals surface area contributed by atoms with E-state index in [4.69, 9.17) is 16.1 Å². The quantitative estimate of drug-likeness (QED) is 0.507. The van der Waals surface area contributed by atoms with Crippen molar-refractivity contribution in [2.24, 2.45) is 0 Å². The molecule has 152 valence electrons. The van der Waals surface area contributed by atoms with Crippen molar-refractivity contribution in [3.8, 4) is 5.69 Å². The Morgan fingerprint density at radius 3 is 2.67 bits per heavy atom.